The largest absolute Gasteiger partial charge is 0.484 e. The van der Waals surface area contributed by atoms with E-state index in [0.717, 1.165) is 5.56 Å². The monoisotopic (exact) mass is 447 g/mol. The van der Waals surface area contributed by atoms with E-state index in [1.54, 1.807) is 14.5 Å². The molecule has 0 saturated carbocycles. The fourth-order valence-electron chi connectivity index (χ4n) is 4.11. The van der Waals surface area contributed by atoms with E-state index >= 15 is 0 Å². The van der Waals surface area contributed by atoms with E-state index in [9.17, 15) is 9.59 Å². The molecule has 3 heterocycles. The quantitative estimate of drug-likeness (QED) is 0.594. The van der Waals surface area contributed by atoms with E-state index in [-0.39, 0.29) is 31.1 Å². The Bertz CT molecular complexity index is 1110. The number of para-hydroxylation sites is 1. The van der Waals surface area contributed by atoms with Crippen LogP contribution in [0.3, 0.4) is 0 Å². The van der Waals surface area contributed by atoms with Gasteiger partial charge in [-0.1, -0.05) is 53.7 Å². The van der Waals surface area contributed by atoms with Crippen LogP contribution < -0.4 is 4.74 Å². The van der Waals surface area contributed by atoms with Crippen molar-refractivity contribution in [2.75, 3.05) is 32.8 Å². The van der Waals surface area contributed by atoms with Gasteiger partial charge in [-0.15, -0.1) is 5.10 Å². The summed E-state index contributed by atoms with van der Waals surface area (Å²) < 4.78 is 13.3. The number of benzene rings is 2. The molecule has 9 nitrogen and oxygen atoms in total. The van der Waals surface area contributed by atoms with Crippen molar-refractivity contribution in [3.8, 4) is 5.75 Å². The highest BCUT2D eigenvalue weighted by Gasteiger charge is 2.32. The van der Waals surface area contributed by atoms with Crippen LogP contribution in [-0.2, 0) is 22.7 Å². The number of aromatic nitrogens is 3. The number of carbonyl (C=O) groups excluding carboxylic acids is 2. The van der Waals surface area contributed by atoms with Crippen LogP contribution in [0.15, 0.2) is 60.7 Å². The van der Waals surface area contributed by atoms with Crippen LogP contribution in [0.25, 0.3) is 0 Å². The first-order valence-electron chi connectivity index (χ1n) is 11.0. The van der Waals surface area contributed by atoms with E-state index in [4.69, 9.17) is 9.47 Å². The fraction of sp³-hybridized carbons (Fsp3) is 0.333. The number of piperazine rings is 1. The maximum Gasteiger partial charge on any atom is 0.276 e. The van der Waals surface area contributed by atoms with Gasteiger partial charge in [-0.05, 0) is 17.7 Å². The van der Waals surface area contributed by atoms with Gasteiger partial charge in [0.2, 0.25) is 0 Å². The van der Waals surface area contributed by atoms with E-state index < -0.39 is 0 Å². The molecule has 0 spiro atoms. The Hall–Kier alpha value is -3.72. The third-order valence-electron chi connectivity index (χ3n) is 6.00. The Balaban J connectivity index is 1.16. The van der Waals surface area contributed by atoms with Crippen LogP contribution in [0, 0.1) is 0 Å². The van der Waals surface area contributed by atoms with Gasteiger partial charge < -0.3 is 19.3 Å². The zero-order valence-electron chi connectivity index (χ0n) is 18.2. The Morgan fingerprint density at radius 1 is 0.939 bits per heavy atom. The molecule has 170 valence electrons. The first-order chi connectivity index (χ1) is 16.2. The topological polar surface area (TPSA) is 89.8 Å². The van der Waals surface area contributed by atoms with Crippen LogP contribution in [0.5, 0.6) is 5.75 Å². The maximum atomic E-state index is 13.1. The molecular weight excluding hydrogens is 422 g/mol. The molecular formula is C24H25N5O4. The number of carbonyl (C=O) groups is 2. The summed E-state index contributed by atoms with van der Waals surface area (Å²) in [7, 11) is 0. The Morgan fingerprint density at radius 2 is 1.61 bits per heavy atom. The molecule has 0 aliphatic carbocycles. The van der Waals surface area contributed by atoms with Gasteiger partial charge >= 0.3 is 0 Å². The Morgan fingerprint density at radius 3 is 2.33 bits per heavy atom. The van der Waals surface area contributed by atoms with Gasteiger partial charge in [0.1, 0.15) is 11.9 Å². The second-order valence-electron chi connectivity index (χ2n) is 8.05. The summed E-state index contributed by atoms with van der Waals surface area (Å²) in [6.45, 7) is 2.57. The molecule has 2 aliphatic rings. The summed E-state index contributed by atoms with van der Waals surface area (Å²) in [6.07, 6.45) is -0.115. The second kappa shape index (κ2) is 9.41. The fourth-order valence-corrected chi connectivity index (χ4v) is 4.11. The zero-order valence-corrected chi connectivity index (χ0v) is 18.2. The van der Waals surface area contributed by atoms with Crippen molar-refractivity contribution in [2.45, 2.75) is 19.3 Å². The molecule has 0 bridgehead atoms. The molecule has 0 N–H and O–H groups in total. The zero-order chi connectivity index (χ0) is 22.6. The van der Waals surface area contributed by atoms with E-state index in [1.807, 2.05) is 60.7 Å². The second-order valence-corrected chi connectivity index (χ2v) is 8.05. The molecule has 2 amide bonds. The number of nitrogens with zero attached hydrogens (tertiary/aromatic N) is 5. The molecule has 1 atom stereocenters. The molecule has 2 aromatic carbocycles. The number of ether oxygens (including phenoxy) is 2. The molecule has 1 saturated heterocycles. The SMILES string of the molecule is O=C(COc1ccccc1)N1CCN(C(=O)c2nnn3c2COC(c2ccccc2)C3)CC1. The van der Waals surface area contributed by atoms with Crippen molar-refractivity contribution in [3.05, 3.63) is 77.6 Å². The minimum Gasteiger partial charge on any atom is -0.484 e. The van der Waals surface area contributed by atoms with Crippen molar-refractivity contribution in [3.63, 3.8) is 0 Å². The van der Waals surface area contributed by atoms with E-state index in [0.29, 0.717) is 49.9 Å². The van der Waals surface area contributed by atoms with Crippen molar-refractivity contribution < 1.29 is 19.1 Å². The Labute approximate surface area is 191 Å². The predicted octanol–water partition coefficient (Wildman–Crippen LogP) is 1.91. The summed E-state index contributed by atoms with van der Waals surface area (Å²) in [5.74, 6) is 0.395. The Kier molecular flexibility index (Phi) is 6.03. The van der Waals surface area contributed by atoms with Crippen molar-refractivity contribution >= 4 is 11.8 Å². The summed E-state index contributed by atoms with van der Waals surface area (Å²) >= 11 is 0. The van der Waals surface area contributed by atoms with E-state index in [1.165, 1.54) is 0 Å². The first-order valence-corrected chi connectivity index (χ1v) is 11.0. The highest BCUT2D eigenvalue weighted by Crippen LogP contribution is 2.27. The molecule has 9 heteroatoms. The number of rotatable bonds is 5. The smallest absolute Gasteiger partial charge is 0.276 e. The summed E-state index contributed by atoms with van der Waals surface area (Å²) in [4.78, 5) is 29.0. The summed E-state index contributed by atoms with van der Waals surface area (Å²) in [5, 5.41) is 8.36. The lowest BCUT2D eigenvalue weighted by Crippen LogP contribution is -2.51. The van der Waals surface area contributed by atoms with Gasteiger partial charge in [0.15, 0.2) is 12.3 Å². The summed E-state index contributed by atoms with van der Waals surface area (Å²) in [6, 6.07) is 19.2. The van der Waals surface area contributed by atoms with Gasteiger partial charge in [-0.3, -0.25) is 9.59 Å². The lowest BCUT2D eigenvalue weighted by molar-refractivity contribution is -0.134. The number of fused-ring (bicyclic) bond motifs is 1. The first kappa shape index (κ1) is 21.1. The van der Waals surface area contributed by atoms with Gasteiger partial charge in [0.05, 0.1) is 18.8 Å². The third kappa shape index (κ3) is 4.58. The molecule has 0 radical (unpaired) electrons. The number of amides is 2. The van der Waals surface area contributed by atoms with Gasteiger partial charge in [0, 0.05) is 26.2 Å². The number of hydrogen-bond acceptors (Lipinski definition) is 6. The van der Waals surface area contributed by atoms with Crippen molar-refractivity contribution in [2.24, 2.45) is 0 Å². The minimum atomic E-state index is -0.175. The average molecular weight is 447 g/mol. The highest BCUT2D eigenvalue weighted by molar-refractivity contribution is 5.93. The van der Waals surface area contributed by atoms with E-state index in [2.05, 4.69) is 10.3 Å². The van der Waals surface area contributed by atoms with Crippen molar-refractivity contribution in [1.82, 2.24) is 24.8 Å². The minimum absolute atomic E-state index is 0.0175. The standard InChI is InChI=1S/C24H25N5O4/c30-22(17-32-19-9-5-2-6-10-19)27-11-13-28(14-12-27)24(31)23-20-16-33-21(15-29(20)26-25-23)18-7-3-1-4-8-18/h1-10,21H,11-17H2. The van der Waals surface area contributed by atoms with Crippen LogP contribution in [0.4, 0.5) is 0 Å². The van der Waals surface area contributed by atoms with Gasteiger partial charge in [0.25, 0.3) is 11.8 Å². The van der Waals surface area contributed by atoms with Crippen LogP contribution in [0.2, 0.25) is 0 Å². The van der Waals surface area contributed by atoms with Crippen molar-refractivity contribution in [1.29, 1.82) is 0 Å². The molecule has 33 heavy (non-hydrogen) atoms. The molecule has 1 unspecified atom stereocenters. The lowest BCUT2D eigenvalue weighted by Gasteiger charge is -2.34. The average Bonchev–Trinajstić information content (AvgIpc) is 3.31. The molecule has 2 aliphatic heterocycles. The molecule has 5 rings (SSSR count). The predicted molar refractivity (Wildman–Crippen MR) is 118 cm³/mol. The molecule has 3 aromatic rings. The maximum absolute atomic E-state index is 13.1. The van der Waals surface area contributed by atoms with Crippen LogP contribution in [-0.4, -0.2) is 69.4 Å². The number of hydrogen-bond donors (Lipinski definition) is 0. The van der Waals surface area contributed by atoms with Crippen LogP contribution >= 0.6 is 0 Å². The van der Waals surface area contributed by atoms with Crippen LogP contribution in [0.1, 0.15) is 27.8 Å². The lowest BCUT2D eigenvalue weighted by atomic mass is 10.1. The summed E-state index contributed by atoms with van der Waals surface area (Å²) in [5.41, 5.74) is 2.10. The normalized spacial score (nSPS) is 18.0. The third-order valence-corrected chi connectivity index (χ3v) is 6.00. The van der Waals surface area contributed by atoms with Gasteiger partial charge in [-0.2, -0.15) is 0 Å². The highest BCUT2D eigenvalue weighted by atomic mass is 16.5. The molecule has 1 aromatic heterocycles. The molecule has 1 fully saturated rings. The van der Waals surface area contributed by atoms with Gasteiger partial charge in [-0.25, -0.2) is 4.68 Å².